The highest BCUT2D eigenvalue weighted by Gasteiger charge is 2.18. The third kappa shape index (κ3) is 3.61. The van der Waals surface area contributed by atoms with E-state index >= 15 is 0 Å². The van der Waals surface area contributed by atoms with Gasteiger partial charge in [0.2, 0.25) is 0 Å². The Bertz CT molecular complexity index is 647. The lowest BCUT2D eigenvalue weighted by Gasteiger charge is -2.18. The van der Waals surface area contributed by atoms with E-state index in [1.165, 1.54) is 4.68 Å². The molecule has 0 saturated carbocycles. The molecule has 2 aromatic rings. The maximum Gasteiger partial charge on any atom is 0.435 e. The van der Waals surface area contributed by atoms with E-state index in [0.29, 0.717) is 5.02 Å². The van der Waals surface area contributed by atoms with E-state index in [1.807, 2.05) is 39.0 Å². The van der Waals surface area contributed by atoms with Crippen LogP contribution in [-0.2, 0) is 4.74 Å². The Labute approximate surface area is 130 Å². The normalized spacial score (nSPS) is 11.4. The van der Waals surface area contributed by atoms with Crippen molar-refractivity contribution in [2.24, 2.45) is 0 Å². The maximum absolute atomic E-state index is 11.9. The van der Waals surface area contributed by atoms with Gasteiger partial charge in [-0.05, 0) is 54.4 Å². The van der Waals surface area contributed by atoms with Crippen molar-refractivity contribution in [2.45, 2.75) is 26.4 Å². The molecule has 106 valence electrons. The second-order valence-electron chi connectivity index (χ2n) is 5.28. The van der Waals surface area contributed by atoms with Crippen LogP contribution in [0.3, 0.4) is 0 Å². The van der Waals surface area contributed by atoms with Crippen LogP contribution in [0.5, 0.6) is 0 Å². The van der Waals surface area contributed by atoms with Crippen LogP contribution < -0.4 is 0 Å². The molecule has 0 amide bonds. The molecule has 0 spiro atoms. The lowest BCUT2D eigenvalue weighted by atomic mass is 10.1. The van der Waals surface area contributed by atoms with Gasteiger partial charge in [0.1, 0.15) is 5.60 Å². The van der Waals surface area contributed by atoms with Gasteiger partial charge < -0.3 is 4.74 Å². The van der Waals surface area contributed by atoms with E-state index in [2.05, 4.69) is 21.0 Å². The average molecular weight is 358 g/mol. The molecule has 20 heavy (non-hydrogen) atoms. The molecule has 4 nitrogen and oxygen atoms in total. The summed E-state index contributed by atoms with van der Waals surface area (Å²) in [4.78, 5) is 11.9. The van der Waals surface area contributed by atoms with Crippen molar-refractivity contribution >= 4 is 33.6 Å². The van der Waals surface area contributed by atoms with E-state index < -0.39 is 11.7 Å². The molecule has 0 atom stereocenters. The van der Waals surface area contributed by atoms with E-state index in [-0.39, 0.29) is 0 Å². The number of rotatable bonds is 1. The monoisotopic (exact) mass is 356 g/mol. The summed E-state index contributed by atoms with van der Waals surface area (Å²) in [5.74, 6) is 0. The highest BCUT2D eigenvalue weighted by molar-refractivity contribution is 9.10. The van der Waals surface area contributed by atoms with Gasteiger partial charge in [0.15, 0.2) is 0 Å². The molecule has 2 rings (SSSR count). The minimum absolute atomic E-state index is 0.507. The van der Waals surface area contributed by atoms with Crippen LogP contribution in [0.15, 0.2) is 35.1 Å². The zero-order chi connectivity index (χ0) is 14.9. The Balaban J connectivity index is 2.24. The number of aromatic nitrogens is 2. The molecule has 1 aromatic heterocycles. The molecule has 0 unspecified atom stereocenters. The van der Waals surface area contributed by atoms with Crippen molar-refractivity contribution in [1.82, 2.24) is 9.78 Å². The molecule has 0 aliphatic rings. The first-order valence-electron chi connectivity index (χ1n) is 6.00. The van der Waals surface area contributed by atoms with E-state index in [9.17, 15) is 4.79 Å². The third-order valence-corrected chi connectivity index (χ3v) is 3.65. The molecule has 0 bridgehead atoms. The minimum atomic E-state index is -0.551. The molecule has 0 aliphatic carbocycles. The second-order valence-corrected chi connectivity index (χ2v) is 6.54. The fraction of sp³-hybridized carbons (Fsp3) is 0.286. The maximum atomic E-state index is 11.9. The molecule has 0 fully saturated rings. The number of nitrogens with zero attached hydrogens (tertiary/aromatic N) is 2. The first-order valence-corrected chi connectivity index (χ1v) is 7.17. The summed E-state index contributed by atoms with van der Waals surface area (Å²) in [6, 6.07) is 5.55. The summed E-state index contributed by atoms with van der Waals surface area (Å²) in [6.07, 6.45) is 2.71. The summed E-state index contributed by atoms with van der Waals surface area (Å²) < 4.78 is 7.24. The van der Waals surface area contributed by atoms with Crippen LogP contribution in [0.2, 0.25) is 5.02 Å². The molecule has 0 aliphatic heterocycles. The Morgan fingerprint density at radius 2 is 2.05 bits per heavy atom. The van der Waals surface area contributed by atoms with E-state index in [1.54, 1.807) is 12.4 Å². The van der Waals surface area contributed by atoms with Gasteiger partial charge in [0.05, 0.1) is 11.2 Å². The average Bonchev–Trinajstić information content (AvgIpc) is 2.80. The van der Waals surface area contributed by atoms with Crippen molar-refractivity contribution < 1.29 is 9.53 Å². The topological polar surface area (TPSA) is 44.1 Å². The van der Waals surface area contributed by atoms with Crippen molar-refractivity contribution in [3.8, 4) is 11.1 Å². The molecule has 1 aromatic carbocycles. The van der Waals surface area contributed by atoms with Crippen molar-refractivity contribution in [3.05, 3.63) is 40.1 Å². The number of carbonyl (C=O) groups excluding carboxylic acids is 1. The largest absolute Gasteiger partial charge is 0.442 e. The Hall–Kier alpha value is -1.33. The molecule has 0 N–H and O–H groups in total. The van der Waals surface area contributed by atoms with Crippen LogP contribution in [0.25, 0.3) is 11.1 Å². The zero-order valence-electron chi connectivity index (χ0n) is 11.4. The SMILES string of the molecule is CC(C)(C)OC(=O)n1cc(-c2ccc(Br)c(Cl)c2)cn1. The van der Waals surface area contributed by atoms with Gasteiger partial charge in [0, 0.05) is 16.2 Å². The van der Waals surface area contributed by atoms with Crippen LogP contribution in [-0.4, -0.2) is 21.5 Å². The highest BCUT2D eigenvalue weighted by Crippen LogP contribution is 2.28. The van der Waals surface area contributed by atoms with Gasteiger partial charge in [0.25, 0.3) is 0 Å². The number of benzene rings is 1. The molecule has 6 heteroatoms. The van der Waals surface area contributed by atoms with E-state index in [4.69, 9.17) is 16.3 Å². The van der Waals surface area contributed by atoms with E-state index in [0.717, 1.165) is 15.6 Å². The van der Waals surface area contributed by atoms with Crippen molar-refractivity contribution in [1.29, 1.82) is 0 Å². The fourth-order valence-corrected chi connectivity index (χ4v) is 1.98. The van der Waals surface area contributed by atoms with Gasteiger partial charge >= 0.3 is 6.09 Å². The number of hydrogen-bond acceptors (Lipinski definition) is 3. The Kier molecular flexibility index (Phi) is 4.20. The standard InChI is InChI=1S/C14H14BrClN2O2/c1-14(2,3)20-13(19)18-8-10(7-17-18)9-4-5-11(15)12(16)6-9/h4-8H,1-3H3. The third-order valence-electron chi connectivity index (χ3n) is 2.42. The smallest absolute Gasteiger partial charge is 0.435 e. The van der Waals surface area contributed by atoms with Gasteiger partial charge in [-0.1, -0.05) is 17.7 Å². The van der Waals surface area contributed by atoms with Crippen LogP contribution in [0.4, 0.5) is 4.79 Å². The lowest BCUT2D eigenvalue weighted by molar-refractivity contribution is 0.0514. The van der Waals surface area contributed by atoms with Crippen LogP contribution in [0.1, 0.15) is 20.8 Å². The molecular weight excluding hydrogens is 344 g/mol. The summed E-state index contributed by atoms with van der Waals surface area (Å²) in [7, 11) is 0. The second kappa shape index (κ2) is 5.58. The number of halogens is 2. The summed E-state index contributed by atoms with van der Waals surface area (Å²) >= 11 is 9.39. The molecule has 1 heterocycles. The van der Waals surface area contributed by atoms with Crippen LogP contribution >= 0.6 is 27.5 Å². The lowest BCUT2D eigenvalue weighted by Crippen LogP contribution is -2.27. The summed E-state index contributed by atoms with van der Waals surface area (Å²) in [5.41, 5.74) is 1.13. The van der Waals surface area contributed by atoms with Gasteiger partial charge in [-0.3, -0.25) is 0 Å². The molecule has 0 saturated heterocycles. The number of carbonyl (C=O) groups is 1. The predicted molar refractivity (Wildman–Crippen MR) is 82.0 cm³/mol. The van der Waals surface area contributed by atoms with Gasteiger partial charge in [-0.25, -0.2) is 4.79 Å². The quantitative estimate of drug-likeness (QED) is 0.740. The molecular formula is C14H14BrClN2O2. The first kappa shape index (κ1) is 15.1. The highest BCUT2D eigenvalue weighted by atomic mass is 79.9. The van der Waals surface area contributed by atoms with Gasteiger partial charge in [-0.2, -0.15) is 9.78 Å². The molecule has 0 radical (unpaired) electrons. The first-order chi connectivity index (χ1) is 9.26. The minimum Gasteiger partial charge on any atom is -0.442 e. The Morgan fingerprint density at radius 1 is 1.35 bits per heavy atom. The Morgan fingerprint density at radius 3 is 2.65 bits per heavy atom. The summed E-state index contributed by atoms with van der Waals surface area (Å²) in [5, 5.41) is 4.62. The van der Waals surface area contributed by atoms with Crippen molar-refractivity contribution in [3.63, 3.8) is 0 Å². The van der Waals surface area contributed by atoms with Crippen LogP contribution in [0, 0.1) is 0 Å². The number of hydrogen-bond donors (Lipinski definition) is 0. The zero-order valence-corrected chi connectivity index (χ0v) is 13.7. The number of ether oxygens (including phenoxy) is 1. The fourth-order valence-electron chi connectivity index (χ4n) is 1.56. The predicted octanol–water partition coefficient (Wildman–Crippen LogP) is 4.75. The van der Waals surface area contributed by atoms with Gasteiger partial charge in [-0.15, -0.1) is 0 Å². The summed E-state index contributed by atoms with van der Waals surface area (Å²) in [6.45, 7) is 5.43. The van der Waals surface area contributed by atoms with Crippen molar-refractivity contribution in [2.75, 3.05) is 0 Å².